The van der Waals surface area contributed by atoms with Gasteiger partial charge in [0.1, 0.15) is 18.5 Å². The zero-order chi connectivity index (χ0) is 26.1. The number of rotatable bonds is 13. The monoisotopic (exact) mass is 500 g/mol. The first-order valence-electron chi connectivity index (χ1n) is 11.9. The van der Waals surface area contributed by atoms with E-state index in [1.165, 1.54) is 0 Å². The fourth-order valence-corrected chi connectivity index (χ4v) is 3.98. The standard InChI is InChI=1S/C25H35F3N2O5/c1-24(2,3)35-23(33)29-13-7-4-8-19(30-15-25(16-31)11-5-6-12-25)20(32)14-34-22-18(27)10-9-17(26)21(22)28/h9-10,16,19,30H,4-8,11-15H2,1-3H3,(H,29,33)/t19-/m0/s1. The average molecular weight is 501 g/mol. The molecular formula is C25H35F3N2O5. The Hall–Kier alpha value is -2.62. The third kappa shape index (κ3) is 9.16. The molecule has 196 valence electrons. The zero-order valence-corrected chi connectivity index (χ0v) is 20.6. The van der Waals surface area contributed by atoms with Crippen molar-refractivity contribution in [3.63, 3.8) is 0 Å². The molecule has 0 spiro atoms. The Balaban J connectivity index is 1.94. The van der Waals surface area contributed by atoms with Crippen molar-refractivity contribution in [2.45, 2.75) is 77.4 Å². The van der Waals surface area contributed by atoms with Crippen LogP contribution in [0.2, 0.25) is 0 Å². The van der Waals surface area contributed by atoms with Crippen molar-refractivity contribution >= 4 is 18.2 Å². The SMILES string of the molecule is CC(C)(C)OC(=O)NCCCC[C@H](NCC1(C=O)CCCC1)C(=O)COc1c(F)ccc(F)c1F. The summed E-state index contributed by atoms with van der Waals surface area (Å²) in [5.74, 6) is -5.32. The largest absolute Gasteiger partial charge is 0.480 e. The summed E-state index contributed by atoms with van der Waals surface area (Å²) >= 11 is 0. The molecule has 1 atom stereocenters. The minimum Gasteiger partial charge on any atom is -0.480 e. The molecule has 0 aromatic heterocycles. The Morgan fingerprint density at radius 2 is 1.77 bits per heavy atom. The lowest BCUT2D eigenvalue weighted by molar-refractivity contribution is -0.124. The topological polar surface area (TPSA) is 93.7 Å². The first-order chi connectivity index (χ1) is 16.5. The molecule has 0 bridgehead atoms. The lowest BCUT2D eigenvalue weighted by Crippen LogP contribution is -2.45. The molecule has 35 heavy (non-hydrogen) atoms. The second-order valence-corrected chi connectivity index (χ2v) is 9.97. The van der Waals surface area contributed by atoms with Gasteiger partial charge in [0.05, 0.1) is 6.04 Å². The molecule has 2 N–H and O–H groups in total. The highest BCUT2D eigenvalue weighted by molar-refractivity contribution is 5.85. The summed E-state index contributed by atoms with van der Waals surface area (Å²) in [7, 11) is 0. The second-order valence-electron chi connectivity index (χ2n) is 9.97. The second kappa shape index (κ2) is 12.9. The number of unbranched alkanes of at least 4 members (excludes halogenated alkanes) is 1. The summed E-state index contributed by atoms with van der Waals surface area (Å²) in [5, 5.41) is 5.77. The van der Waals surface area contributed by atoms with Crippen LogP contribution in [0.5, 0.6) is 5.75 Å². The molecule has 0 unspecified atom stereocenters. The molecule has 1 aliphatic rings. The molecule has 1 amide bonds. The molecule has 1 aromatic rings. The van der Waals surface area contributed by atoms with E-state index in [0.717, 1.165) is 38.0 Å². The summed E-state index contributed by atoms with van der Waals surface area (Å²) in [6.07, 6.45) is 5.13. The molecule has 0 aliphatic heterocycles. The molecule has 1 saturated carbocycles. The number of Topliss-reactive ketones (excluding diaryl/α,β-unsaturated/α-hetero) is 1. The van der Waals surface area contributed by atoms with Crippen molar-refractivity contribution in [1.82, 2.24) is 10.6 Å². The van der Waals surface area contributed by atoms with Crippen LogP contribution in [0.15, 0.2) is 12.1 Å². The molecule has 1 aromatic carbocycles. The number of alkyl carbamates (subject to hydrolysis) is 1. The van der Waals surface area contributed by atoms with Crippen LogP contribution in [0.1, 0.15) is 65.7 Å². The molecule has 2 rings (SSSR count). The summed E-state index contributed by atoms with van der Waals surface area (Å²) in [6.45, 7) is 5.24. The fourth-order valence-electron chi connectivity index (χ4n) is 3.98. The summed E-state index contributed by atoms with van der Waals surface area (Å²) in [4.78, 5) is 36.3. The van der Waals surface area contributed by atoms with Gasteiger partial charge in [-0.3, -0.25) is 4.79 Å². The van der Waals surface area contributed by atoms with E-state index in [1.54, 1.807) is 20.8 Å². The molecular weight excluding hydrogens is 465 g/mol. The predicted octanol–water partition coefficient (Wildman–Crippen LogP) is 4.46. The molecule has 0 saturated heterocycles. The van der Waals surface area contributed by atoms with Crippen LogP contribution in [0, 0.1) is 22.9 Å². The Labute approximate surface area is 204 Å². The normalized spacial score (nSPS) is 15.9. The number of ether oxygens (including phenoxy) is 2. The third-order valence-electron chi connectivity index (χ3n) is 5.89. The van der Waals surface area contributed by atoms with Crippen molar-refractivity contribution in [3.8, 4) is 5.75 Å². The van der Waals surface area contributed by atoms with E-state index in [-0.39, 0.29) is 0 Å². The number of hydrogen-bond acceptors (Lipinski definition) is 6. The van der Waals surface area contributed by atoms with Gasteiger partial charge in [-0.1, -0.05) is 12.8 Å². The number of benzene rings is 1. The van der Waals surface area contributed by atoms with Gasteiger partial charge in [0.15, 0.2) is 23.2 Å². The predicted molar refractivity (Wildman–Crippen MR) is 124 cm³/mol. The van der Waals surface area contributed by atoms with Crippen molar-refractivity contribution < 1.29 is 37.0 Å². The highest BCUT2D eigenvalue weighted by atomic mass is 19.2. The van der Waals surface area contributed by atoms with Crippen molar-refractivity contribution in [2.75, 3.05) is 19.7 Å². The van der Waals surface area contributed by atoms with Gasteiger partial charge in [-0.2, -0.15) is 4.39 Å². The Bertz CT molecular complexity index is 883. The Morgan fingerprint density at radius 3 is 2.40 bits per heavy atom. The number of hydrogen-bond donors (Lipinski definition) is 2. The minimum atomic E-state index is -1.50. The van der Waals surface area contributed by atoms with Crippen LogP contribution in [0.3, 0.4) is 0 Å². The molecule has 0 heterocycles. The van der Waals surface area contributed by atoms with Crippen LogP contribution in [0.4, 0.5) is 18.0 Å². The highest BCUT2D eigenvalue weighted by Crippen LogP contribution is 2.35. The first kappa shape index (κ1) is 28.6. The summed E-state index contributed by atoms with van der Waals surface area (Å²) in [5.41, 5.74) is -1.15. The number of aldehydes is 1. The summed E-state index contributed by atoms with van der Waals surface area (Å²) in [6, 6.07) is 0.614. The van der Waals surface area contributed by atoms with E-state index >= 15 is 0 Å². The van der Waals surface area contributed by atoms with E-state index in [2.05, 4.69) is 10.6 Å². The van der Waals surface area contributed by atoms with E-state index in [9.17, 15) is 27.6 Å². The van der Waals surface area contributed by atoms with Crippen molar-refractivity contribution in [2.24, 2.45) is 5.41 Å². The maximum Gasteiger partial charge on any atom is 0.407 e. The zero-order valence-electron chi connectivity index (χ0n) is 20.6. The van der Waals surface area contributed by atoms with E-state index in [1.807, 2.05) is 0 Å². The smallest absolute Gasteiger partial charge is 0.407 e. The number of amides is 1. The van der Waals surface area contributed by atoms with Crippen molar-refractivity contribution in [3.05, 3.63) is 29.6 Å². The van der Waals surface area contributed by atoms with Gasteiger partial charge in [0, 0.05) is 18.5 Å². The van der Waals surface area contributed by atoms with Crippen LogP contribution >= 0.6 is 0 Å². The quantitative estimate of drug-likeness (QED) is 0.236. The molecule has 7 nitrogen and oxygen atoms in total. The van der Waals surface area contributed by atoms with Crippen molar-refractivity contribution in [1.29, 1.82) is 0 Å². The van der Waals surface area contributed by atoms with Crippen LogP contribution in [0.25, 0.3) is 0 Å². The fraction of sp³-hybridized carbons (Fsp3) is 0.640. The van der Waals surface area contributed by atoms with E-state index in [4.69, 9.17) is 9.47 Å². The van der Waals surface area contributed by atoms with Crippen LogP contribution < -0.4 is 15.4 Å². The van der Waals surface area contributed by atoms with Gasteiger partial charge >= 0.3 is 6.09 Å². The lowest BCUT2D eigenvalue weighted by Gasteiger charge is -2.26. The molecule has 1 aliphatic carbocycles. The average Bonchev–Trinajstić information content (AvgIpc) is 3.26. The van der Waals surface area contributed by atoms with Gasteiger partial charge in [0.2, 0.25) is 5.82 Å². The number of ketones is 1. The van der Waals surface area contributed by atoms with Gasteiger partial charge in [-0.05, 0) is 65.0 Å². The Kier molecular flexibility index (Phi) is 10.5. The van der Waals surface area contributed by atoms with Crippen LogP contribution in [-0.2, 0) is 14.3 Å². The lowest BCUT2D eigenvalue weighted by atomic mass is 9.87. The van der Waals surface area contributed by atoms with Gasteiger partial charge < -0.3 is 24.9 Å². The summed E-state index contributed by atoms with van der Waals surface area (Å²) < 4.78 is 51.3. The number of nitrogens with one attached hydrogen (secondary N) is 2. The van der Waals surface area contributed by atoms with Gasteiger partial charge in [0.25, 0.3) is 0 Å². The number of carbonyl (C=O) groups is 3. The maximum atomic E-state index is 13.9. The molecule has 0 radical (unpaired) electrons. The molecule has 1 fully saturated rings. The Morgan fingerprint density at radius 1 is 1.11 bits per heavy atom. The molecule has 10 heteroatoms. The van der Waals surface area contributed by atoms with E-state index in [0.29, 0.717) is 38.4 Å². The number of carbonyl (C=O) groups excluding carboxylic acids is 3. The van der Waals surface area contributed by atoms with Crippen LogP contribution in [-0.4, -0.2) is 49.5 Å². The third-order valence-corrected chi connectivity index (χ3v) is 5.89. The number of halogens is 3. The van der Waals surface area contributed by atoms with Gasteiger partial charge in [-0.15, -0.1) is 0 Å². The highest BCUT2D eigenvalue weighted by Gasteiger charge is 2.34. The first-order valence-corrected chi connectivity index (χ1v) is 11.9. The minimum absolute atomic E-state index is 0.297. The van der Waals surface area contributed by atoms with Gasteiger partial charge in [-0.25, -0.2) is 13.6 Å². The van der Waals surface area contributed by atoms with E-state index < -0.39 is 58.7 Å². The maximum absolute atomic E-state index is 13.9.